The minimum Gasteiger partial charge on any atom is -0.465 e. The van der Waals surface area contributed by atoms with Crippen LogP contribution in [0.5, 0.6) is 0 Å². The van der Waals surface area contributed by atoms with Gasteiger partial charge in [-0.2, -0.15) is 13.2 Å². The van der Waals surface area contributed by atoms with E-state index in [1.54, 1.807) is 30.3 Å². The van der Waals surface area contributed by atoms with E-state index in [0.717, 1.165) is 0 Å². The lowest BCUT2D eigenvalue weighted by Crippen LogP contribution is -2.34. The molecule has 16 heavy (non-hydrogen) atoms. The van der Waals surface area contributed by atoms with Crippen LogP contribution in [0.15, 0.2) is 35.3 Å². The monoisotopic (exact) mass is 228 g/mol. The van der Waals surface area contributed by atoms with Gasteiger partial charge in [0, 0.05) is 6.92 Å². The molecule has 0 saturated heterocycles. The number of aliphatic imine (C=N–C) groups is 1. The van der Waals surface area contributed by atoms with Gasteiger partial charge in [-0.05, 0) is 5.56 Å². The van der Waals surface area contributed by atoms with E-state index < -0.39 is 12.3 Å². The van der Waals surface area contributed by atoms with Crippen LogP contribution in [-0.2, 0) is 4.74 Å². The van der Waals surface area contributed by atoms with E-state index in [9.17, 15) is 13.2 Å². The van der Waals surface area contributed by atoms with E-state index in [1.807, 2.05) is 0 Å². The molecule has 1 radical (unpaired) electrons. The van der Waals surface area contributed by atoms with Gasteiger partial charge in [-0.1, -0.05) is 30.3 Å². The van der Waals surface area contributed by atoms with Gasteiger partial charge in [-0.25, -0.2) is 4.99 Å². The Morgan fingerprint density at radius 3 is 2.38 bits per heavy atom. The van der Waals surface area contributed by atoms with Gasteiger partial charge in [-0.15, -0.1) is 0 Å². The molecule has 0 aliphatic carbocycles. The van der Waals surface area contributed by atoms with Gasteiger partial charge in [0.1, 0.15) is 0 Å². The van der Waals surface area contributed by atoms with Crippen LogP contribution in [-0.4, -0.2) is 18.2 Å². The zero-order valence-electron chi connectivity index (χ0n) is 8.45. The van der Waals surface area contributed by atoms with E-state index in [-0.39, 0.29) is 11.9 Å². The highest BCUT2D eigenvalue weighted by Crippen LogP contribution is 2.38. The minimum absolute atomic E-state index is 0.0428. The van der Waals surface area contributed by atoms with Crippen molar-refractivity contribution in [2.45, 2.75) is 19.2 Å². The van der Waals surface area contributed by atoms with Crippen molar-refractivity contribution < 1.29 is 17.9 Å². The van der Waals surface area contributed by atoms with Crippen molar-refractivity contribution in [1.82, 2.24) is 0 Å². The fourth-order valence-corrected chi connectivity index (χ4v) is 1.53. The molecule has 0 fully saturated rings. The molecule has 5 heteroatoms. The first-order chi connectivity index (χ1) is 7.48. The van der Waals surface area contributed by atoms with Crippen LogP contribution < -0.4 is 0 Å². The molecule has 0 saturated carbocycles. The molecule has 1 aromatic rings. The molecule has 2 nitrogen and oxygen atoms in total. The average Bonchev–Trinajstić information content (AvgIpc) is 2.61. The lowest BCUT2D eigenvalue weighted by Gasteiger charge is -2.19. The number of hydrogen-bond donors (Lipinski definition) is 0. The minimum atomic E-state index is -4.44. The normalized spacial score (nSPS) is 21.8. The second-order valence-electron chi connectivity index (χ2n) is 3.42. The highest BCUT2D eigenvalue weighted by Gasteiger charge is 2.51. The summed E-state index contributed by atoms with van der Waals surface area (Å²) in [5.41, 5.74) is 0.432. The van der Waals surface area contributed by atoms with E-state index in [0.29, 0.717) is 5.56 Å². The number of hydrogen-bond acceptors (Lipinski definition) is 2. The Bertz CT molecular complexity index is 399. The fourth-order valence-electron chi connectivity index (χ4n) is 1.53. The molecule has 1 atom stereocenters. The Balaban J connectivity index is 2.32. The van der Waals surface area contributed by atoms with Gasteiger partial charge in [0.15, 0.2) is 11.9 Å². The molecule has 0 amide bonds. The first-order valence-corrected chi connectivity index (χ1v) is 4.69. The molecule has 1 heterocycles. The van der Waals surface area contributed by atoms with E-state index in [1.165, 1.54) is 6.92 Å². The second-order valence-corrected chi connectivity index (χ2v) is 3.42. The average molecular weight is 228 g/mol. The fraction of sp³-hybridized carbons (Fsp3) is 0.273. The molecule has 0 unspecified atom stereocenters. The largest absolute Gasteiger partial charge is 0.465 e. The number of ether oxygens (including phenoxy) is 1. The van der Waals surface area contributed by atoms with Crippen molar-refractivity contribution in [3.8, 4) is 0 Å². The van der Waals surface area contributed by atoms with Gasteiger partial charge in [0.25, 0.3) is 0 Å². The predicted molar refractivity (Wildman–Crippen MR) is 52.8 cm³/mol. The molecule has 1 aliphatic heterocycles. The Morgan fingerprint density at radius 2 is 1.81 bits per heavy atom. The number of rotatable bonds is 1. The first kappa shape index (κ1) is 11.0. The van der Waals surface area contributed by atoms with Crippen LogP contribution in [0.4, 0.5) is 13.2 Å². The van der Waals surface area contributed by atoms with E-state index >= 15 is 0 Å². The quantitative estimate of drug-likeness (QED) is 0.724. The van der Waals surface area contributed by atoms with Crippen LogP contribution in [0.3, 0.4) is 0 Å². The van der Waals surface area contributed by atoms with Crippen LogP contribution in [0.1, 0.15) is 12.5 Å². The van der Waals surface area contributed by atoms with Crippen molar-refractivity contribution >= 4 is 5.90 Å². The lowest BCUT2D eigenvalue weighted by molar-refractivity contribution is -0.188. The summed E-state index contributed by atoms with van der Waals surface area (Å²) in [6.07, 6.45) is -6.39. The molecule has 0 aromatic heterocycles. The third-order valence-electron chi connectivity index (χ3n) is 2.18. The van der Waals surface area contributed by atoms with Crippen LogP contribution in [0, 0.1) is 6.04 Å². The van der Waals surface area contributed by atoms with Gasteiger partial charge < -0.3 is 4.74 Å². The summed E-state index contributed by atoms with van der Waals surface area (Å²) < 4.78 is 42.6. The number of alkyl halides is 3. The topological polar surface area (TPSA) is 21.6 Å². The molecule has 1 aliphatic rings. The van der Waals surface area contributed by atoms with Gasteiger partial charge in [0.2, 0.25) is 6.10 Å². The maximum absolute atomic E-state index is 12.7. The zero-order chi connectivity index (χ0) is 11.8. The van der Waals surface area contributed by atoms with Gasteiger partial charge in [0.05, 0.1) is 0 Å². The third-order valence-corrected chi connectivity index (χ3v) is 2.18. The van der Waals surface area contributed by atoms with Gasteiger partial charge in [-0.3, -0.25) is 0 Å². The van der Waals surface area contributed by atoms with Crippen molar-refractivity contribution in [3.05, 3.63) is 41.9 Å². The van der Waals surface area contributed by atoms with Crippen molar-refractivity contribution in [2.75, 3.05) is 0 Å². The zero-order valence-corrected chi connectivity index (χ0v) is 8.45. The standard InChI is InChI=1S/C11H9F3NO/c1-7-15-9(8-5-3-2-4-6-8)10(16-7)11(12,13)14/h2-6,10H,1H3/t10-/m1/s1. The van der Waals surface area contributed by atoms with Crippen molar-refractivity contribution in [1.29, 1.82) is 0 Å². The Hall–Kier alpha value is -1.52. The van der Waals surface area contributed by atoms with Gasteiger partial charge >= 0.3 is 6.18 Å². The predicted octanol–water partition coefficient (Wildman–Crippen LogP) is 2.95. The summed E-state index contributed by atoms with van der Waals surface area (Å²) in [7, 11) is 0. The molecule has 1 aromatic carbocycles. The summed E-state index contributed by atoms with van der Waals surface area (Å²) >= 11 is 0. The third kappa shape index (κ3) is 2.03. The molecular formula is C11H9F3NO. The summed E-state index contributed by atoms with van der Waals surface area (Å²) in [6.45, 7) is 1.41. The van der Waals surface area contributed by atoms with Crippen LogP contribution in [0.2, 0.25) is 0 Å². The maximum atomic E-state index is 12.7. The number of benzene rings is 1. The molecule has 0 spiro atoms. The SMILES string of the molecule is CC1=N[C](c2ccccc2)[C@H](C(F)(F)F)O1. The van der Waals surface area contributed by atoms with E-state index in [2.05, 4.69) is 9.73 Å². The molecule has 2 rings (SSSR count). The van der Waals surface area contributed by atoms with Crippen LogP contribution >= 0.6 is 0 Å². The summed E-state index contributed by atoms with van der Waals surface area (Å²) in [4.78, 5) is 3.80. The van der Waals surface area contributed by atoms with Crippen LogP contribution in [0.25, 0.3) is 0 Å². The highest BCUT2D eigenvalue weighted by molar-refractivity contribution is 5.77. The van der Waals surface area contributed by atoms with E-state index in [4.69, 9.17) is 0 Å². The lowest BCUT2D eigenvalue weighted by atomic mass is 10.0. The smallest absolute Gasteiger partial charge is 0.428 e. The molecular weight excluding hydrogens is 219 g/mol. The highest BCUT2D eigenvalue weighted by atomic mass is 19.4. The summed E-state index contributed by atoms with van der Waals surface area (Å²) in [6, 6.07) is 8.15. The molecule has 0 N–H and O–H groups in total. The first-order valence-electron chi connectivity index (χ1n) is 4.69. The summed E-state index contributed by atoms with van der Waals surface area (Å²) in [5.74, 6) is 0.0428. The Labute approximate surface area is 90.8 Å². The Kier molecular flexibility index (Phi) is 2.61. The Morgan fingerprint density at radius 1 is 1.19 bits per heavy atom. The number of nitrogens with zero attached hydrogens (tertiary/aromatic N) is 1. The summed E-state index contributed by atoms with van der Waals surface area (Å²) in [5, 5.41) is 0. The molecule has 85 valence electrons. The van der Waals surface area contributed by atoms with Crippen molar-refractivity contribution in [2.24, 2.45) is 4.99 Å². The molecule has 0 bridgehead atoms. The second kappa shape index (κ2) is 3.81. The number of halogens is 3. The van der Waals surface area contributed by atoms with Crippen molar-refractivity contribution in [3.63, 3.8) is 0 Å². The maximum Gasteiger partial charge on any atom is 0.428 e.